The van der Waals surface area contributed by atoms with Crippen molar-refractivity contribution in [3.63, 3.8) is 0 Å². The van der Waals surface area contributed by atoms with Gasteiger partial charge in [0.15, 0.2) is 0 Å². The molecule has 5 nitrogen and oxygen atoms in total. The number of ether oxygens (including phenoxy) is 1. The van der Waals surface area contributed by atoms with Crippen molar-refractivity contribution in [2.45, 2.75) is 0 Å². The van der Waals surface area contributed by atoms with Gasteiger partial charge in [0.05, 0.1) is 19.0 Å². The first-order valence-electron chi connectivity index (χ1n) is 6.26. The molecule has 0 amide bonds. The third-order valence-electron chi connectivity index (χ3n) is 3.12. The number of carbonyl (C=O) groups excluding carboxylic acids is 1. The van der Waals surface area contributed by atoms with Gasteiger partial charge >= 0.3 is 5.97 Å². The maximum Gasteiger partial charge on any atom is 0.341 e. The fourth-order valence-electron chi connectivity index (χ4n) is 2.08. The number of esters is 1. The molecule has 0 unspecified atom stereocenters. The molecule has 2 aromatic heterocycles. The molecule has 0 aliphatic carbocycles. The van der Waals surface area contributed by atoms with Crippen molar-refractivity contribution in [2.75, 3.05) is 12.8 Å². The number of carbonyl (C=O) groups is 1. The Morgan fingerprint density at radius 1 is 1.33 bits per heavy atom. The van der Waals surface area contributed by atoms with E-state index in [4.69, 9.17) is 10.5 Å². The second-order valence-corrected chi connectivity index (χ2v) is 5.30. The SMILES string of the molecule is COC(=O)c1c(-c2cnn(-c3ccccc3)c2)csc1N. The molecular weight excluding hydrogens is 286 g/mol. The van der Waals surface area contributed by atoms with Gasteiger partial charge in [-0.1, -0.05) is 18.2 Å². The van der Waals surface area contributed by atoms with Crippen molar-refractivity contribution in [2.24, 2.45) is 0 Å². The van der Waals surface area contributed by atoms with Crippen LogP contribution < -0.4 is 5.73 Å². The monoisotopic (exact) mass is 299 g/mol. The molecule has 0 atom stereocenters. The number of para-hydroxylation sites is 1. The van der Waals surface area contributed by atoms with E-state index in [2.05, 4.69) is 5.10 Å². The number of benzene rings is 1. The topological polar surface area (TPSA) is 70.1 Å². The Kier molecular flexibility index (Phi) is 3.45. The van der Waals surface area contributed by atoms with Crippen LogP contribution in [-0.2, 0) is 4.74 Å². The third kappa shape index (κ3) is 2.41. The summed E-state index contributed by atoms with van der Waals surface area (Å²) in [6.07, 6.45) is 3.57. The van der Waals surface area contributed by atoms with Gasteiger partial charge < -0.3 is 10.5 Å². The number of rotatable bonds is 3. The molecule has 2 N–H and O–H groups in total. The first-order chi connectivity index (χ1) is 10.2. The molecule has 2 heterocycles. The van der Waals surface area contributed by atoms with E-state index in [0.717, 1.165) is 16.8 Å². The average molecular weight is 299 g/mol. The molecule has 106 valence electrons. The lowest BCUT2D eigenvalue weighted by Gasteiger charge is -2.02. The number of nitrogens with zero attached hydrogens (tertiary/aromatic N) is 2. The predicted octanol–water partition coefficient (Wildman–Crippen LogP) is 2.97. The summed E-state index contributed by atoms with van der Waals surface area (Å²) in [5, 5.41) is 6.62. The Hall–Kier alpha value is -2.60. The molecule has 1 aromatic carbocycles. The lowest BCUT2D eigenvalue weighted by molar-refractivity contribution is 0.0603. The van der Waals surface area contributed by atoms with Gasteiger partial charge in [0.1, 0.15) is 10.6 Å². The zero-order valence-electron chi connectivity index (χ0n) is 11.3. The van der Waals surface area contributed by atoms with Gasteiger partial charge in [-0.15, -0.1) is 11.3 Å². The highest BCUT2D eigenvalue weighted by molar-refractivity contribution is 7.14. The van der Waals surface area contributed by atoms with E-state index in [-0.39, 0.29) is 0 Å². The molecular formula is C15H13N3O2S. The van der Waals surface area contributed by atoms with Crippen LogP contribution in [0.2, 0.25) is 0 Å². The van der Waals surface area contributed by atoms with Crippen molar-refractivity contribution < 1.29 is 9.53 Å². The second kappa shape index (κ2) is 5.41. The van der Waals surface area contributed by atoms with Crippen LogP contribution in [0.15, 0.2) is 48.1 Å². The Balaban J connectivity index is 2.03. The smallest absolute Gasteiger partial charge is 0.341 e. The first-order valence-corrected chi connectivity index (χ1v) is 7.14. The van der Waals surface area contributed by atoms with Crippen LogP contribution in [0.4, 0.5) is 5.00 Å². The Bertz CT molecular complexity index is 777. The molecule has 0 saturated carbocycles. The first kappa shape index (κ1) is 13.4. The van der Waals surface area contributed by atoms with Crippen LogP contribution in [0.3, 0.4) is 0 Å². The Morgan fingerprint density at radius 3 is 2.81 bits per heavy atom. The molecule has 3 aromatic rings. The number of methoxy groups -OCH3 is 1. The van der Waals surface area contributed by atoms with Gasteiger partial charge in [-0.05, 0) is 12.1 Å². The molecule has 0 fully saturated rings. The summed E-state index contributed by atoms with van der Waals surface area (Å²) in [4.78, 5) is 11.8. The highest BCUT2D eigenvalue weighted by atomic mass is 32.1. The molecule has 21 heavy (non-hydrogen) atoms. The molecule has 0 saturated heterocycles. The molecule has 0 aliphatic rings. The van der Waals surface area contributed by atoms with Crippen LogP contribution in [0.1, 0.15) is 10.4 Å². The number of nitrogens with two attached hydrogens (primary N) is 1. The van der Waals surface area contributed by atoms with E-state index in [0.29, 0.717) is 10.6 Å². The van der Waals surface area contributed by atoms with Gasteiger partial charge in [0.2, 0.25) is 0 Å². The van der Waals surface area contributed by atoms with Gasteiger partial charge in [-0.3, -0.25) is 0 Å². The van der Waals surface area contributed by atoms with Crippen LogP contribution in [-0.4, -0.2) is 22.9 Å². The molecule has 0 radical (unpaired) electrons. The van der Waals surface area contributed by atoms with Crippen molar-refractivity contribution in [1.29, 1.82) is 0 Å². The lowest BCUT2D eigenvalue weighted by Crippen LogP contribution is -2.04. The van der Waals surface area contributed by atoms with Gasteiger partial charge in [-0.2, -0.15) is 5.10 Å². The van der Waals surface area contributed by atoms with Crippen molar-refractivity contribution >= 4 is 22.3 Å². The standard InChI is InChI=1S/C15H13N3O2S/c1-20-15(19)13-12(9-21-14(13)16)10-7-17-18(8-10)11-5-3-2-4-6-11/h2-9H,16H2,1H3. The molecule has 0 spiro atoms. The summed E-state index contributed by atoms with van der Waals surface area (Å²) < 4.78 is 6.54. The normalized spacial score (nSPS) is 10.5. The van der Waals surface area contributed by atoms with Crippen molar-refractivity contribution in [1.82, 2.24) is 9.78 Å². The minimum absolute atomic E-state index is 0.398. The molecule has 3 rings (SSSR count). The second-order valence-electron chi connectivity index (χ2n) is 4.39. The van der Waals surface area contributed by atoms with E-state index in [1.54, 1.807) is 10.9 Å². The number of thiophene rings is 1. The fraction of sp³-hybridized carbons (Fsp3) is 0.0667. The summed E-state index contributed by atoms with van der Waals surface area (Å²) >= 11 is 1.31. The number of nitrogen functional groups attached to an aromatic ring is 1. The summed E-state index contributed by atoms with van der Waals surface area (Å²) in [6, 6.07) is 9.75. The van der Waals surface area contributed by atoms with Gasteiger partial charge in [0.25, 0.3) is 0 Å². The molecule has 0 aliphatic heterocycles. The lowest BCUT2D eigenvalue weighted by atomic mass is 10.1. The van der Waals surface area contributed by atoms with Crippen LogP contribution in [0.5, 0.6) is 0 Å². The van der Waals surface area contributed by atoms with E-state index in [1.165, 1.54) is 18.4 Å². The minimum Gasteiger partial charge on any atom is -0.465 e. The van der Waals surface area contributed by atoms with Crippen molar-refractivity contribution in [3.8, 4) is 16.8 Å². The van der Waals surface area contributed by atoms with E-state index < -0.39 is 5.97 Å². The number of hydrogen-bond acceptors (Lipinski definition) is 5. The number of hydrogen-bond donors (Lipinski definition) is 1. The van der Waals surface area contributed by atoms with Crippen molar-refractivity contribution in [3.05, 3.63) is 53.7 Å². The summed E-state index contributed by atoms with van der Waals surface area (Å²) in [6.45, 7) is 0. The maximum atomic E-state index is 11.8. The number of anilines is 1. The molecule has 6 heteroatoms. The summed E-state index contributed by atoms with van der Waals surface area (Å²) in [7, 11) is 1.34. The third-order valence-corrected chi connectivity index (χ3v) is 3.93. The summed E-state index contributed by atoms with van der Waals surface area (Å²) in [5.74, 6) is -0.434. The average Bonchev–Trinajstić information content (AvgIpc) is 3.14. The summed E-state index contributed by atoms with van der Waals surface area (Å²) in [5.41, 5.74) is 8.78. The quantitative estimate of drug-likeness (QED) is 0.755. The maximum absolute atomic E-state index is 11.8. The molecule has 0 bridgehead atoms. The zero-order chi connectivity index (χ0) is 14.8. The van der Waals surface area contributed by atoms with Crippen LogP contribution in [0.25, 0.3) is 16.8 Å². The number of aromatic nitrogens is 2. The van der Waals surface area contributed by atoms with Gasteiger partial charge in [-0.25, -0.2) is 9.48 Å². The van der Waals surface area contributed by atoms with Crippen LogP contribution in [0, 0.1) is 0 Å². The zero-order valence-corrected chi connectivity index (χ0v) is 12.1. The highest BCUT2D eigenvalue weighted by Crippen LogP contribution is 2.34. The van der Waals surface area contributed by atoms with Gasteiger partial charge in [0, 0.05) is 22.7 Å². The van der Waals surface area contributed by atoms with E-state index in [1.807, 2.05) is 41.9 Å². The minimum atomic E-state index is -0.434. The largest absolute Gasteiger partial charge is 0.465 e. The fourth-order valence-corrected chi connectivity index (χ4v) is 2.89. The van der Waals surface area contributed by atoms with E-state index >= 15 is 0 Å². The van der Waals surface area contributed by atoms with Crippen LogP contribution >= 0.6 is 11.3 Å². The predicted molar refractivity (Wildman–Crippen MR) is 82.6 cm³/mol. The Morgan fingerprint density at radius 2 is 2.10 bits per heavy atom. The highest BCUT2D eigenvalue weighted by Gasteiger charge is 2.20. The Labute approximate surface area is 125 Å². The van der Waals surface area contributed by atoms with E-state index in [9.17, 15) is 4.79 Å².